The van der Waals surface area contributed by atoms with Gasteiger partial charge in [0.15, 0.2) is 10.8 Å². The van der Waals surface area contributed by atoms with E-state index in [-0.39, 0.29) is 23.1 Å². The van der Waals surface area contributed by atoms with E-state index in [4.69, 9.17) is 0 Å². The summed E-state index contributed by atoms with van der Waals surface area (Å²) in [5.74, 6) is -2.97. The molecule has 0 amide bonds. The van der Waals surface area contributed by atoms with E-state index in [0.29, 0.717) is 10.5 Å². The highest BCUT2D eigenvalue weighted by Gasteiger charge is 2.49. The Hall–Kier alpha value is -3.53. The molecular formula is C24H20F7N5O3S. The van der Waals surface area contributed by atoms with Crippen LogP contribution in [0.4, 0.5) is 30.7 Å². The van der Waals surface area contributed by atoms with Gasteiger partial charge in [-0.1, -0.05) is 0 Å². The molecule has 0 saturated carbocycles. The number of nitrogens with zero attached hydrogens (tertiary/aromatic N) is 5. The van der Waals surface area contributed by atoms with Crippen LogP contribution in [0.3, 0.4) is 0 Å². The van der Waals surface area contributed by atoms with Gasteiger partial charge in [-0.15, -0.1) is 0 Å². The van der Waals surface area contributed by atoms with E-state index in [1.54, 1.807) is 0 Å². The fourth-order valence-electron chi connectivity index (χ4n) is 4.36. The highest BCUT2D eigenvalue weighted by Crippen LogP contribution is 2.34. The maximum atomic E-state index is 14.6. The van der Waals surface area contributed by atoms with Crippen molar-refractivity contribution in [2.75, 3.05) is 0 Å². The SMILES string of the molecule is C[C@H]1[C@H](F)C[C@@H](C(=O)CCc2cc(-c3cnc(C(F)(F)F)nc3)cnc2C(F)F)N1S(=O)(=O)c1ccc(F)cn1. The molecule has 1 saturated heterocycles. The molecule has 0 radical (unpaired) electrons. The first-order chi connectivity index (χ1) is 18.7. The Morgan fingerprint density at radius 2 is 1.70 bits per heavy atom. The van der Waals surface area contributed by atoms with Gasteiger partial charge in [-0.3, -0.25) is 9.78 Å². The van der Waals surface area contributed by atoms with Gasteiger partial charge in [-0.25, -0.2) is 40.9 Å². The van der Waals surface area contributed by atoms with Crippen LogP contribution >= 0.6 is 0 Å². The van der Waals surface area contributed by atoms with Gasteiger partial charge in [0.25, 0.3) is 16.4 Å². The number of carbonyl (C=O) groups is 1. The predicted octanol–water partition coefficient (Wildman–Crippen LogP) is 4.72. The van der Waals surface area contributed by atoms with E-state index in [1.165, 1.54) is 13.0 Å². The van der Waals surface area contributed by atoms with Crippen molar-refractivity contribution >= 4 is 15.8 Å². The molecule has 0 aromatic carbocycles. The van der Waals surface area contributed by atoms with Crippen LogP contribution in [0.5, 0.6) is 0 Å². The van der Waals surface area contributed by atoms with Crippen LogP contribution in [0.2, 0.25) is 0 Å². The van der Waals surface area contributed by atoms with Crippen molar-refractivity contribution in [1.82, 2.24) is 24.2 Å². The normalized spacial score (nSPS) is 20.3. The summed E-state index contributed by atoms with van der Waals surface area (Å²) in [5, 5.41) is -0.594. The van der Waals surface area contributed by atoms with Crippen molar-refractivity contribution < 1.29 is 43.9 Å². The van der Waals surface area contributed by atoms with E-state index >= 15 is 0 Å². The maximum absolute atomic E-state index is 14.6. The molecule has 16 heteroatoms. The van der Waals surface area contributed by atoms with Crippen molar-refractivity contribution in [3.8, 4) is 11.1 Å². The number of aryl methyl sites for hydroxylation is 1. The van der Waals surface area contributed by atoms with Gasteiger partial charge in [0, 0.05) is 42.6 Å². The summed E-state index contributed by atoms with van der Waals surface area (Å²) < 4.78 is 120. The number of alkyl halides is 6. The van der Waals surface area contributed by atoms with Crippen LogP contribution < -0.4 is 0 Å². The number of hydrogen-bond acceptors (Lipinski definition) is 7. The molecule has 1 aliphatic heterocycles. The average molecular weight is 592 g/mol. The van der Waals surface area contributed by atoms with E-state index in [2.05, 4.69) is 19.9 Å². The zero-order chi connectivity index (χ0) is 29.4. The Morgan fingerprint density at radius 3 is 2.27 bits per heavy atom. The minimum absolute atomic E-state index is 0.0443. The lowest BCUT2D eigenvalue weighted by Crippen LogP contribution is -2.45. The molecule has 40 heavy (non-hydrogen) atoms. The average Bonchev–Trinajstić information content (AvgIpc) is 3.21. The quantitative estimate of drug-likeness (QED) is 0.349. The Morgan fingerprint density at radius 1 is 1.05 bits per heavy atom. The second-order valence-electron chi connectivity index (χ2n) is 8.99. The zero-order valence-corrected chi connectivity index (χ0v) is 21.3. The van der Waals surface area contributed by atoms with Gasteiger partial charge in [0.05, 0.1) is 18.3 Å². The number of Topliss-reactive ketones (excluding diaryl/α,β-unsaturated/α-hetero) is 1. The van der Waals surface area contributed by atoms with Crippen molar-refractivity contribution in [1.29, 1.82) is 0 Å². The molecule has 0 N–H and O–H groups in total. The molecule has 1 fully saturated rings. The molecular weight excluding hydrogens is 571 g/mol. The summed E-state index contributed by atoms with van der Waals surface area (Å²) in [6.07, 6.45) is -7.55. The van der Waals surface area contributed by atoms with Gasteiger partial charge < -0.3 is 0 Å². The standard InChI is InChI=1S/C24H20F7N5O3S/c1-12-17(26)7-18(36(12)40(38,39)20-5-3-16(25)11-32-20)19(37)4-2-13-6-14(8-33-21(13)22(27)28)15-9-34-23(35-10-15)24(29,30)31/h3,5-6,8-12,17-18,22H,2,4,7H2,1H3/t12-,17+,18-/m0/s1. The van der Waals surface area contributed by atoms with Crippen LogP contribution in [-0.2, 0) is 27.4 Å². The summed E-state index contributed by atoms with van der Waals surface area (Å²) in [6.45, 7) is 1.26. The van der Waals surface area contributed by atoms with E-state index in [9.17, 15) is 43.9 Å². The molecule has 214 valence electrons. The third-order valence-electron chi connectivity index (χ3n) is 6.38. The van der Waals surface area contributed by atoms with E-state index in [1.807, 2.05) is 0 Å². The van der Waals surface area contributed by atoms with Gasteiger partial charge in [0.2, 0.25) is 5.82 Å². The second-order valence-corrected chi connectivity index (χ2v) is 10.8. The number of halogens is 7. The summed E-state index contributed by atoms with van der Waals surface area (Å²) in [4.78, 5) is 26.8. The molecule has 0 unspecified atom stereocenters. The molecule has 3 aromatic heterocycles. The van der Waals surface area contributed by atoms with Crippen molar-refractivity contribution in [3.05, 3.63) is 65.9 Å². The summed E-state index contributed by atoms with van der Waals surface area (Å²) in [5.41, 5.74) is -0.668. The number of sulfonamides is 1. The lowest BCUT2D eigenvalue weighted by atomic mass is 9.99. The molecule has 4 rings (SSSR count). The second kappa shape index (κ2) is 11.2. The van der Waals surface area contributed by atoms with E-state index < -0.39 is 81.9 Å². The van der Waals surface area contributed by atoms with Crippen LogP contribution in [0.25, 0.3) is 11.1 Å². The first kappa shape index (κ1) is 29.5. The van der Waals surface area contributed by atoms with Crippen molar-refractivity contribution in [3.63, 3.8) is 0 Å². The molecule has 0 aliphatic carbocycles. The predicted molar refractivity (Wildman–Crippen MR) is 125 cm³/mol. The number of ketones is 1. The van der Waals surface area contributed by atoms with Crippen molar-refractivity contribution in [2.24, 2.45) is 0 Å². The number of aromatic nitrogens is 4. The van der Waals surface area contributed by atoms with E-state index in [0.717, 1.165) is 30.7 Å². The third-order valence-corrected chi connectivity index (χ3v) is 8.29. The number of carbonyl (C=O) groups excluding carboxylic acids is 1. The van der Waals surface area contributed by atoms with Crippen LogP contribution in [0.15, 0.2) is 48.0 Å². The van der Waals surface area contributed by atoms with Crippen LogP contribution in [0, 0.1) is 5.82 Å². The highest BCUT2D eigenvalue weighted by molar-refractivity contribution is 7.89. The fourth-order valence-corrected chi connectivity index (χ4v) is 6.11. The van der Waals surface area contributed by atoms with Crippen molar-refractivity contribution in [2.45, 2.75) is 62.1 Å². The van der Waals surface area contributed by atoms with Crippen LogP contribution in [0.1, 0.15) is 43.3 Å². The minimum atomic E-state index is -4.79. The highest BCUT2D eigenvalue weighted by atomic mass is 32.2. The zero-order valence-electron chi connectivity index (χ0n) is 20.5. The summed E-state index contributed by atoms with van der Waals surface area (Å²) in [7, 11) is -4.52. The Bertz CT molecular complexity index is 1490. The lowest BCUT2D eigenvalue weighted by molar-refractivity contribution is -0.145. The molecule has 0 spiro atoms. The third kappa shape index (κ3) is 5.96. The molecule has 8 nitrogen and oxygen atoms in total. The summed E-state index contributed by atoms with van der Waals surface area (Å²) >= 11 is 0. The Balaban J connectivity index is 1.58. The van der Waals surface area contributed by atoms with Gasteiger partial charge in [-0.2, -0.15) is 17.5 Å². The van der Waals surface area contributed by atoms with Crippen LogP contribution in [-0.4, -0.2) is 56.7 Å². The lowest BCUT2D eigenvalue weighted by Gasteiger charge is -2.26. The number of pyridine rings is 2. The van der Waals surface area contributed by atoms with Gasteiger partial charge >= 0.3 is 6.18 Å². The molecule has 1 aliphatic rings. The largest absolute Gasteiger partial charge is 0.451 e. The molecule has 3 atom stereocenters. The first-order valence-electron chi connectivity index (χ1n) is 11.7. The van der Waals surface area contributed by atoms with Gasteiger partial charge in [-0.05, 0) is 37.1 Å². The van der Waals surface area contributed by atoms with Gasteiger partial charge in [0.1, 0.15) is 17.7 Å². The topological polar surface area (TPSA) is 106 Å². The molecule has 0 bridgehead atoms. The molecule has 3 aromatic rings. The summed E-state index contributed by atoms with van der Waals surface area (Å²) in [6, 6.07) is 0.183. The first-order valence-corrected chi connectivity index (χ1v) is 13.1. The Kier molecular flexibility index (Phi) is 8.21. The Labute approximate surface area is 223 Å². The smallest absolute Gasteiger partial charge is 0.298 e. The monoisotopic (exact) mass is 591 g/mol. The maximum Gasteiger partial charge on any atom is 0.451 e. The fraction of sp³-hybridized carbons (Fsp3) is 0.375. The minimum Gasteiger partial charge on any atom is -0.298 e. The molecule has 4 heterocycles. The number of hydrogen-bond donors (Lipinski definition) is 0. The number of rotatable bonds is 8.